The van der Waals surface area contributed by atoms with E-state index in [2.05, 4.69) is 19.2 Å². The van der Waals surface area contributed by atoms with Crippen molar-refractivity contribution >= 4 is 0 Å². The molecule has 1 unspecified atom stereocenters. The average molecular weight is 252 g/mol. The Morgan fingerprint density at radius 1 is 1.35 bits per heavy atom. The molecule has 1 N–H and O–H groups in total. The molecule has 17 heavy (non-hydrogen) atoms. The molecule has 1 rings (SSSR count). The molecular weight excluding hydrogens is 229 g/mol. The number of nitrogens with zero attached hydrogens (tertiary/aromatic N) is 1. The van der Waals surface area contributed by atoms with Gasteiger partial charge in [0.25, 0.3) is 0 Å². The van der Waals surface area contributed by atoms with E-state index in [9.17, 15) is 13.2 Å². The first kappa shape index (κ1) is 14.8. The highest BCUT2D eigenvalue weighted by molar-refractivity contribution is 4.78. The highest BCUT2D eigenvalue weighted by Crippen LogP contribution is 2.22. The number of hydrogen-bond acceptors (Lipinski definition) is 2. The van der Waals surface area contributed by atoms with Crippen LogP contribution >= 0.6 is 0 Å². The van der Waals surface area contributed by atoms with E-state index in [-0.39, 0.29) is 0 Å². The van der Waals surface area contributed by atoms with Crippen LogP contribution in [0.5, 0.6) is 0 Å². The van der Waals surface area contributed by atoms with Crippen molar-refractivity contribution in [1.82, 2.24) is 10.2 Å². The summed E-state index contributed by atoms with van der Waals surface area (Å²) in [4.78, 5) is 1.51. The lowest BCUT2D eigenvalue weighted by molar-refractivity contribution is -0.143. The summed E-state index contributed by atoms with van der Waals surface area (Å²) in [5.74, 6) is 1.05. The van der Waals surface area contributed by atoms with Gasteiger partial charge in [0.15, 0.2) is 0 Å². The van der Waals surface area contributed by atoms with Gasteiger partial charge in [0.05, 0.1) is 6.54 Å². The van der Waals surface area contributed by atoms with Crippen LogP contribution in [0.4, 0.5) is 13.2 Å². The molecule has 1 saturated heterocycles. The van der Waals surface area contributed by atoms with Gasteiger partial charge in [-0.15, -0.1) is 0 Å². The molecule has 1 aliphatic rings. The van der Waals surface area contributed by atoms with Crippen LogP contribution in [0.25, 0.3) is 0 Å². The number of halogens is 3. The Morgan fingerprint density at radius 3 is 2.65 bits per heavy atom. The van der Waals surface area contributed by atoms with Crippen molar-refractivity contribution < 1.29 is 13.2 Å². The lowest BCUT2D eigenvalue weighted by atomic mass is 10.1. The largest absolute Gasteiger partial charge is 0.401 e. The van der Waals surface area contributed by atoms with Gasteiger partial charge >= 0.3 is 6.18 Å². The molecule has 0 radical (unpaired) electrons. The third kappa shape index (κ3) is 6.88. The summed E-state index contributed by atoms with van der Waals surface area (Å²) < 4.78 is 36.5. The Morgan fingerprint density at radius 2 is 2.06 bits per heavy atom. The van der Waals surface area contributed by atoms with Gasteiger partial charge in [-0.1, -0.05) is 13.8 Å². The summed E-state index contributed by atoms with van der Waals surface area (Å²) in [6, 6.07) is 0. The van der Waals surface area contributed by atoms with Gasteiger partial charge in [0.1, 0.15) is 0 Å². The van der Waals surface area contributed by atoms with Gasteiger partial charge < -0.3 is 5.32 Å². The number of hydrogen-bond donors (Lipinski definition) is 1. The van der Waals surface area contributed by atoms with Crippen LogP contribution in [0.2, 0.25) is 0 Å². The van der Waals surface area contributed by atoms with Crippen LogP contribution in [0.3, 0.4) is 0 Å². The maximum atomic E-state index is 12.2. The molecule has 0 aliphatic carbocycles. The number of likely N-dealkylation sites (tertiary alicyclic amines) is 1. The maximum absolute atomic E-state index is 12.2. The van der Waals surface area contributed by atoms with Crippen molar-refractivity contribution in [2.75, 3.05) is 32.7 Å². The Labute approximate surface area is 102 Å². The molecule has 1 fully saturated rings. The summed E-state index contributed by atoms with van der Waals surface area (Å²) in [7, 11) is 0. The van der Waals surface area contributed by atoms with Gasteiger partial charge in [-0.25, -0.2) is 0 Å². The summed E-state index contributed by atoms with van der Waals surface area (Å²) in [5, 5.41) is 3.33. The summed E-state index contributed by atoms with van der Waals surface area (Å²) >= 11 is 0. The van der Waals surface area contributed by atoms with E-state index >= 15 is 0 Å². The predicted octanol–water partition coefficient (Wildman–Crippen LogP) is 2.51. The standard InChI is InChI=1S/C12H23F3N2/c1-10(2)3-5-16-7-11-4-6-17(8-11)9-12(13,14)15/h10-11,16H,3-9H2,1-2H3. The van der Waals surface area contributed by atoms with Gasteiger partial charge in [0, 0.05) is 6.54 Å². The lowest BCUT2D eigenvalue weighted by Crippen LogP contribution is -2.33. The van der Waals surface area contributed by atoms with E-state index in [4.69, 9.17) is 0 Å². The molecule has 0 amide bonds. The van der Waals surface area contributed by atoms with Crippen molar-refractivity contribution in [3.05, 3.63) is 0 Å². The Kier molecular flexibility index (Phi) is 5.73. The second-order valence-electron chi connectivity index (χ2n) is 5.39. The van der Waals surface area contributed by atoms with E-state index in [0.717, 1.165) is 25.9 Å². The van der Waals surface area contributed by atoms with E-state index < -0.39 is 12.7 Å². The minimum absolute atomic E-state index is 0.379. The highest BCUT2D eigenvalue weighted by Gasteiger charge is 2.34. The summed E-state index contributed by atoms with van der Waals surface area (Å²) in [6.45, 7) is 6.55. The zero-order valence-corrected chi connectivity index (χ0v) is 10.7. The SMILES string of the molecule is CC(C)CCNCC1CCN(CC(F)(F)F)C1. The molecule has 0 aromatic rings. The van der Waals surface area contributed by atoms with Gasteiger partial charge in [-0.05, 0) is 44.3 Å². The van der Waals surface area contributed by atoms with E-state index in [1.165, 1.54) is 4.90 Å². The molecule has 2 nitrogen and oxygen atoms in total. The molecule has 0 saturated carbocycles. The van der Waals surface area contributed by atoms with Crippen LogP contribution in [-0.2, 0) is 0 Å². The van der Waals surface area contributed by atoms with Gasteiger partial charge in [0.2, 0.25) is 0 Å². The monoisotopic (exact) mass is 252 g/mol. The van der Waals surface area contributed by atoms with Gasteiger partial charge in [-0.2, -0.15) is 13.2 Å². The molecule has 1 heterocycles. The van der Waals surface area contributed by atoms with Crippen LogP contribution in [0.1, 0.15) is 26.7 Å². The Bertz CT molecular complexity index is 216. The zero-order chi connectivity index (χ0) is 12.9. The normalized spacial score (nSPS) is 22.6. The van der Waals surface area contributed by atoms with Crippen LogP contribution < -0.4 is 5.32 Å². The maximum Gasteiger partial charge on any atom is 0.401 e. The van der Waals surface area contributed by atoms with Crippen molar-refractivity contribution in [2.45, 2.75) is 32.9 Å². The number of alkyl halides is 3. The third-order valence-corrected chi connectivity index (χ3v) is 3.10. The average Bonchev–Trinajstić information content (AvgIpc) is 2.57. The topological polar surface area (TPSA) is 15.3 Å². The van der Waals surface area contributed by atoms with Crippen LogP contribution in [0, 0.1) is 11.8 Å². The fraction of sp³-hybridized carbons (Fsp3) is 1.00. The predicted molar refractivity (Wildman–Crippen MR) is 62.9 cm³/mol. The molecular formula is C12H23F3N2. The Hall–Kier alpha value is -0.290. The highest BCUT2D eigenvalue weighted by atomic mass is 19.4. The lowest BCUT2D eigenvalue weighted by Gasteiger charge is -2.18. The molecule has 0 aromatic heterocycles. The van der Waals surface area contributed by atoms with E-state index in [0.29, 0.717) is 24.9 Å². The number of nitrogens with one attached hydrogen (secondary N) is 1. The van der Waals surface area contributed by atoms with Crippen molar-refractivity contribution in [1.29, 1.82) is 0 Å². The van der Waals surface area contributed by atoms with Crippen molar-refractivity contribution in [3.8, 4) is 0 Å². The van der Waals surface area contributed by atoms with Crippen molar-refractivity contribution in [3.63, 3.8) is 0 Å². The molecule has 1 atom stereocenters. The molecule has 1 aliphatic heterocycles. The van der Waals surface area contributed by atoms with Crippen LogP contribution in [0.15, 0.2) is 0 Å². The smallest absolute Gasteiger partial charge is 0.316 e. The minimum atomic E-state index is -4.06. The zero-order valence-electron chi connectivity index (χ0n) is 10.7. The molecule has 0 aromatic carbocycles. The molecule has 0 spiro atoms. The van der Waals surface area contributed by atoms with E-state index in [1.54, 1.807) is 0 Å². The molecule has 5 heteroatoms. The first-order valence-corrected chi connectivity index (χ1v) is 6.36. The number of rotatable bonds is 6. The second kappa shape index (κ2) is 6.59. The molecule has 102 valence electrons. The second-order valence-corrected chi connectivity index (χ2v) is 5.39. The van der Waals surface area contributed by atoms with Crippen LogP contribution in [-0.4, -0.2) is 43.8 Å². The van der Waals surface area contributed by atoms with Crippen molar-refractivity contribution in [2.24, 2.45) is 11.8 Å². The summed E-state index contributed by atoms with van der Waals surface area (Å²) in [5.41, 5.74) is 0. The minimum Gasteiger partial charge on any atom is -0.316 e. The first-order chi connectivity index (χ1) is 7.87. The first-order valence-electron chi connectivity index (χ1n) is 6.36. The molecule has 0 bridgehead atoms. The Balaban J connectivity index is 2.09. The summed E-state index contributed by atoms with van der Waals surface area (Å²) in [6.07, 6.45) is -2.05. The quantitative estimate of drug-likeness (QED) is 0.731. The third-order valence-electron chi connectivity index (χ3n) is 3.10. The fourth-order valence-electron chi connectivity index (χ4n) is 2.17. The van der Waals surface area contributed by atoms with E-state index in [1.807, 2.05) is 0 Å². The van der Waals surface area contributed by atoms with Gasteiger partial charge in [-0.3, -0.25) is 4.90 Å². The fourth-order valence-corrected chi connectivity index (χ4v) is 2.17.